The van der Waals surface area contributed by atoms with E-state index < -0.39 is 5.59 Å². The maximum absolute atomic E-state index is 3.10. The third-order valence-corrected chi connectivity index (χ3v) is 16.9. The average molecular weight is 262 g/mol. The van der Waals surface area contributed by atoms with Gasteiger partial charge in [0, 0.05) is 0 Å². The van der Waals surface area contributed by atoms with Crippen LogP contribution in [0.25, 0.3) is 0 Å². The fourth-order valence-electron chi connectivity index (χ4n) is 2.00. The van der Waals surface area contributed by atoms with Crippen molar-refractivity contribution in [3.63, 3.8) is 0 Å². The minimum atomic E-state index is -1.05. The Bertz CT molecular complexity index is 97.0. The second-order valence-corrected chi connectivity index (χ2v) is 13.9. The first-order valence-corrected chi connectivity index (χ1v) is 9.20. The van der Waals surface area contributed by atoms with Gasteiger partial charge in [0.05, 0.1) is 0 Å². The van der Waals surface area contributed by atoms with E-state index in [1.165, 1.54) is 0 Å². The molecule has 0 aliphatic rings. The summed E-state index contributed by atoms with van der Waals surface area (Å²) in [6.45, 7) is 14.3. The molecule has 0 aromatic rings. The second kappa shape index (κ2) is 4.33. The SMILES string of the molecule is CC(C)[PH]([Ru])(C(C)C)C(C)C. The molecular weight excluding hydrogens is 240 g/mol. The molecule has 0 amide bonds. The fraction of sp³-hybridized carbons (Fsp3) is 1.00. The van der Waals surface area contributed by atoms with Crippen molar-refractivity contribution in [3.8, 4) is 0 Å². The predicted molar refractivity (Wildman–Crippen MR) is 53.7 cm³/mol. The van der Waals surface area contributed by atoms with E-state index in [9.17, 15) is 0 Å². The van der Waals surface area contributed by atoms with Crippen LogP contribution in [-0.2, 0) is 17.8 Å². The summed E-state index contributed by atoms with van der Waals surface area (Å²) in [7, 11) is 0. The molecular formula is C9H22PRu. The van der Waals surface area contributed by atoms with Crippen LogP contribution in [0.1, 0.15) is 41.5 Å². The Balaban J connectivity index is 4.53. The summed E-state index contributed by atoms with van der Waals surface area (Å²) >= 11 is 3.10. The van der Waals surface area contributed by atoms with Crippen LogP contribution in [0, 0.1) is 0 Å². The van der Waals surface area contributed by atoms with E-state index in [1.54, 1.807) is 0 Å². The van der Waals surface area contributed by atoms with Gasteiger partial charge in [0.25, 0.3) is 0 Å². The van der Waals surface area contributed by atoms with Gasteiger partial charge in [-0.2, -0.15) is 0 Å². The standard InChI is InChI=1S/C9H21P.Ru/c1-7(2)10(8(3)4)9(5)6;/h7-9H,1-6H3;/q;-1/p+1. The van der Waals surface area contributed by atoms with Crippen LogP contribution in [0.4, 0.5) is 0 Å². The molecule has 0 heterocycles. The molecule has 0 bridgehead atoms. The normalized spacial score (nSPS) is 15.1. The van der Waals surface area contributed by atoms with E-state index in [1.807, 2.05) is 0 Å². The Hall–Kier alpha value is 1.05. The van der Waals surface area contributed by atoms with Crippen molar-refractivity contribution < 1.29 is 17.8 Å². The summed E-state index contributed by atoms with van der Waals surface area (Å²) in [5.74, 6) is 0. The maximum atomic E-state index is 3.10. The van der Waals surface area contributed by atoms with E-state index in [0.29, 0.717) is 0 Å². The van der Waals surface area contributed by atoms with Crippen LogP contribution >= 0.6 is 5.59 Å². The van der Waals surface area contributed by atoms with Crippen molar-refractivity contribution in [1.29, 1.82) is 0 Å². The molecule has 0 aromatic heterocycles. The summed E-state index contributed by atoms with van der Waals surface area (Å²) in [6, 6.07) is 0. The van der Waals surface area contributed by atoms with Crippen molar-refractivity contribution in [2.75, 3.05) is 0 Å². The molecule has 0 saturated carbocycles. The van der Waals surface area contributed by atoms with Gasteiger partial charge in [-0.3, -0.25) is 0 Å². The van der Waals surface area contributed by atoms with Crippen molar-refractivity contribution in [2.45, 2.75) is 58.5 Å². The molecule has 11 heavy (non-hydrogen) atoms. The minimum absolute atomic E-state index is 0.888. The Morgan fingerprint density at radius 3 is 0.909 bits per heavy atom. The van der Waals surface area contributed by atoms with E-state index >= 15 is 0 Å². The molecule has 0 N–H and O–H groups in total. The average Bonchev–Trinajstić information content (AvgIpc) is 1.84. The molecule has 0 rings (SSSR count). The molecule has 0 aliphatic carbocycles. The van der Waals surface area contributed by atoms with Crippen LogP contribution in [0.5, 0.6) is 0 Å². The summed E-state index contributed by atoms with van der Waals surface area (Å²) in [6.07, 6.45) is 0. The number of hydrogen-bond donors (Lipinski definition) is 0. The van der Waals surface area contributed by atoms with Crippen LogP contribution in [0.3, 0.4) is 0 Å². The van der Waals surface area contributed by atoms with Gasteiger partial charge in [-0.25, -0.2) is 0 Å². The van der Waals surface area contributed by atoms with Gasteiger partial charge in [0.15, 0.2) is 0 Å². The zero-order chi connectivity index (χ0) is 9.23. The quantitative estimate of drug-likeness (QED) is 0.540. The molecule has 0 aromatic carbocycles. The topological polar surface area (TPSA) is 0 Å². The Kier molecular flexibility index (Phi) is 4.75. The van der Waals surface area contributed by atoms with Crippen molar-refractivity contribution in [1.82, 2.24) is 0 Å². The van der Waals surface area contributed by atoms with Gasteiger partial charge >= 0.3 is 81.9 Å². The van der Waals surface area contributed by atoms with Crippen molar-refractivity contribution in [2.24, 2.45) is 0 Å². The van der Waals surface area contributed by atoms with Gasteiger partial charge in [0.2, 0.25) is 0 Å². The summed E-state index contributed by atoms with van der Waals surface area (Å²) < 4.78 is 0. The molecule has 0 atom stereocenters. The van der Waals surface area contributed by atoms with E-state index in [2.05, 4.69) is 59.4 Å². The first kappa shape index (κ1) is 12.1. The molecule has 2 heteroatoms. The molecule has 71 valence electrons. The van der Waals surface area contributed by atoms with E-state index in [-0.39, 0.29) is 0 Å². The van der Waals surface area contributed by atoms with Gasteiger partial charge in [0.1, 0.15) is 0 Å². The Morgan fingerprint density at radius 2 is 0.909 bits per heavy atom. The van der Waals surface area contributed by atoms with Gasteiger partial charge < -0.3 is 0 Å². The molecule has 0 spiro atoms. The number of hydrogen-bond acceptors (Lipinski definition) is 0. The first-order valence-electron chi connectivity index (χ1n) is 4.51. The van der Waals surface area contributed by atoms with Crippen LogP contribution in [0.15, 0.2) is 0 Å². The Morgan fingerprint density at radius 1 is 0.727 bits per heavy atom. The van der Waals surface area contributed by atoms with E-state index in [4.69, 9.17) is 0 Å². The van der Waals surface area contributed by atoms with Crippen LogP contribution in [0.2, 0.25) is 0 Å². The molecule has 0 unspecified atom stereocenters. The van der Waals surface area contributed by atoms with Gasteiger partial charge in [-0.1, -0.05) is 0 Å². The molecule has 0 aliphatic heterocycles. The molecule has 0 fully saturated rings. The zero-order valence-corrected chi connectivity index (χ0v) is 11.3. The van der Waals surface area contributed by atoms with Crippen molar-refractivity contribution in [3.05, 3.63) is 0 Å². The van der Waals surface area contributed by atoms with Crippen LogP contribution < -0.4 is 0 Å². The molecule has 0 nitrogen and oxygen atoms in total. The first-order chi connectivity index (χ1) is 4.83. The van der Waals surface area contributed by atoms with Gasteiger partial charge in [-0.05, 0) is 0 Å². The fourth-order valence-corrected chi connectivity index (χ4v) is 6.00. The summed E-state index contributed by atoms with van der Waals surface area (Å²) in [5.41, 5.74) is 1.61. The molecule has 0 radical (unpaired) electrons. The summed E-state index contributed by atoms with van der Waals surface area (Å²) in [5, 5.41) is 0. The predicted octanol–water partition coefficient (Wildman–Crippen LogP) is 3.42. The summed E-state index contributed by atoms with van der Waals surface area (Å²) in [4.78, 5) is 0. The van der Waals surface area contributed by atoms with Gasteiger partial charge in [-0.15, -0.1) is 0 Å². The van der Waals surface area contributed by atoms with Crippen molar-refractivity contribution >= 4 is 5.59 Å². The monoisotopic (exact) mass is 263 g/mol. The number of rotatable bonds is 3. The second-order valence-electron chi connectivity index (χ2n) is 4.27. The van der Waals surface area contributed by atoms with Crippen LogP contribution in [-0.4, -0.2) is 17.0 Å². The molecule has 0 saturated heterocycles. The zero-order valence-electron chi connectivity index (χ0n) is 8.59. The third-order valence-electron chi connectivity index (χ3n) is 2.61. The Labute approximate surface area is 82.1 Å². The van der Waals surface area contributed by atoms with E-state index in [0.717, 1.165) is 17.0 Å². The third kappa shape index (κ3) is 2.50.